The Labute approximate surface area is 111 Å². The molecule has 0 aromatic rings. The number of ether oxygens (including phenoxy) is 1. The molecule has 0 aromatic carbocycles. The van der Waals surface area contributed by atoms with E-state index in [9.17, 15) is 20.3 Å². The van der Waals surface area contributed by atoms with Gasteiger partial charge in [-0.15, -0.1) is 0 Å². The van der Waals surface area contributed by atoms with E-state index in [1.807, 2.05) is 4.90 Å². The Bertz CT molecular complexity index is 287. The van der Waals surface area contributed by atoms with Crippen molar-refractivity contribution in [3.05, 3.63) is 10.1 Å². The van der Waals surface area contributed by atoms with Gasteiger partial charge in [0.25, 0.3) is 0 Å². The Balaban J connectivity index is 2.59. The highest BCUT2D eigenvalue weighted by molar-refractivity contribution is 4.83. The third-order valence-electron chi connectivity index (χ3n) is 3.15. The smallest absolute Gasteiger partial charge is 0.246 e. The predicted octanol–water partition coefficient (Wildman–Crippen LogP) is -2.68. The first-order valence-electron chi connectivity index (χ1n) is 6.27. The maximum atomic E-state index is 10.8. The Morgan fingerprint density at radius 3 is 2.37 bits per heavy atom. The minimum absolute atomic E-state index is 0.0524. The van der Waals surface area contributed by atoms with Gasteiger partial charge in [-0.1, -0.05) is 0 Å². The molecule has 1 fully saturated rings. The van der Waals surface area contributed by atoms with Crippen LogP contribution in [-0.4, -0.2) is 77.3 Å². The minimum atomic E-state index is -1.54. The monoisotopic (exact) mass is 278 g/mol. The van der Waals surface area contributed by atoms with Crippen molar-refractivity contribution in [3.63, 3.8) is 0 Å². The molecule has 1 rings (SSSR count). The van der Waals surface area contributed by atoms with Crippen molar-refractivity contribution in [2.45, 2.75) is 31.0 Å². The van der Waals surface area contributed by atoms with Gasteiger partial charge in [-0.3, -0.25) is 15.0 Å². The molecule has 19 heavy (non-hydrogen) atoms. The van der Waals surface area contributed by atoms with Gasteiger partial charge in [0.15, 0.2) is 12.4 Å². The molecule has 1 saturated heterocycles. The number of aliphatic hydroxyl groups is 2. The van der Waals surface area contributed by atoms with E-state index < -0.39 is 29.5 Å². The Morgan fingerprint density at radius 1 is 1.32 bits per heavy atom. The lowest BCUT2D eigenvalue weighted by Gasteiger charge is -2.35. The third-order valence-corrected chi connectivity index (χ3v) is 3.15. The molecule has 0 bridgehead atoms. The number of hydrogen-bond donors (Lipinski definition) is 4. The van der Waals surface area contributed by atoms with Gasteiger partial charge in [0, 0.05) is 44.1 Å². The molecule has 0 spiro atoms. The molecule has 6 N–H and O–H groups in total. The lowest BCUT2D eigenvalue weighted by Crippen LogP contribution is -2.54. The van der Waals surface area contributed by atoms with Crippen molar-refractivity contribution in [2.24, 2.45) is 11.5 Å². The highest BCUT2D eigenvalue weighted by Gasteiger charge is 2.44. The lowest BCUT2D eigenvalue weighted by atomic mass is 10.00. The zero-order valence-electron chi connectivity index (χ0n) is 10.7. The van der Waals surface area contributed by atoms with E-state index in [0.717, 1.165) is 0 Å². The normalized spacial score (nSPS) is 31.6. The van der Waals surface area contributed by atoms with E-state index in [1.165, 1.54) is 0 Å². The molecule has 0 aromatic heterocycles. The summed E-state index contributed by atoms with van der Waals surface area (Å²) in [6.07, 6.45) is -3.50. The van der Waals surface area contributed by atoms with Crippen LogP contribution >= 0.6 is 0 Å². The van der Waals surface area contributed by atoms with Crippen LogP contribution in [0.3, 0.4) is 0 Å². The topological polar surface area (TPSA) is 148 Å². The van der Waals surface area contributed by atoms with E-state index >= 15 is 0 Å². The molecule has 0 aliphatic carbocycles. The summed E-state index contributed by atoms with van der Waals surface area (Å²) >= 11 is 0. The molecule has 1 aliphatic heterocycles. The molecule has 112 valence electrons. The van der Waals surface area contributed by atoms with Gasteiger partial charge in [0.1, 0.15) is 0 Å². The molecular formula is C10H22N4O5. The van der Waals surface area contributed by atoms with Crippen molar-refractivity contribution >= 4 is 0 Å². The number of nitrogens with two attached hydrogens (primary N) is 2. The van der Waals surface area contributed by atoms with Crippen molar-refractivity contribution in [3.8, 4) is 0 Å². The molecule has 0 radical (unpaired) electrons. The molecule has 9 heteroatoms. The first-order chi connectivity index (χ1) is 8.99. The van der Waals surface area contributed by atoms with Crippen LogP contribution in [0.25, 0.3) is 0 Å². The number of nitrogens with zero attached hydrogens (tertiary/aromatic N) is 2. The second kappa shape index (κ2) is 7.68. The van der Waals surface area contributed by atoms with E-state index in [0.29, 0.717) is 32.7 Å². The number of nitro groups is 1. The second-order valence-electron chi connectivity index (χ2n) is 4.61. The quantitative estimate of drug-likeness (QED) is 0.291. The van der Waals surface area contributed by atoms with Gasteiger partial charge >= 0.3 is 0 Å². The summed E-state index contributed by atoms with van der Waals surface area (Å²) in [5.41, 5.74) is 10.9. The Hall–Kier alpha value is -0.840. The number of aliphatic hydroxyl groups excluding tert-OH is 2. The molecule has 2 unspecified atom stereocenters. The largest absolute Gasteiger partial charge is 0.381 e. The SMILES string of the molecule is NCCN(CCN)C[C@@H]1CC([N+](=O)[O-])C(O)[C@H](O)O1. The Morgan fingerprint density at radius 2 is 1.89 bits per heavy atom. The van der Waals surface area contributed by atoms with E-state index in [4.69, 9.17) is 16.2 Å². The summed E-state index contributed by atoms with van der Waals surface area (Å²) in [5, 5.41) is 29.8. The maximum Gasteiger partial charge on any atom is 0.246 e. The van der Waals surface area contributed by atoms with Crippen molar-refractivity contribution in [1.29, 1.82) is 0 Å². The molecule has 1 aliphatic rings. The van der Waals surface area contributed by atoms with Crippen LogP contribution in [0.1, 0.15) is 6.42 Å². The van der Waals surface area contributed by atoms with E-state index in [1.54, 1.807) is 0 Å². The van der Waals surface area contributed by atoms with Crippen LogP contribution < -0.4 is 11.5 Å². The van der Waals surface area contributed by atoms with Crippen molar-refractivity contribution in [1.82, 2.24) is 4.90 Å². The highest BCUT2D eigenvalue weighted by Crippen LogP contribution is 2.21. The number of hydrogen-bond acceptors (Lipinski definition) is 8. The zero-order chi connectivity index (χ0) is 14.4. The van der Waals surface area contributed by atoms with Gasteiger partial charge in [-0.2, -0.15) is 0 Å². The fraction of sp³-hybridized carbons (Fsp3) is 1.00. The van der Waals surface area contributed by atoms with E-state index in [2.05, 4.69) is 0 Å². The molecule has 0 saturated carbocycles. The Kier molecular flexibility index (Phi) is 6.55. The standard InChI is InChI=1S/C10H22N4O5/c11-1-3-13(4-2-12)6-7-5-8(14(17)18)9(15)10(16)19-7/h7-10,15-16H,1-6,11-12H2/t7-,8?,9?,10+/m0/s1. The van der Waals surface area contributed by atoms with Gasteiger partial charge in [0.05, 0.1) is 6.10 Å². The molecule has 9 nitrogen and oxygen atoms in total. The van der Waals surface area contributed by atoms with Gasteiger partial charge in [-0.25, -0.2) is 0 Å². The average Bonchev–Trinajstić information content (AvgIpc) is 2.33. The van der Waals surface area contributed by atoms with Crippen molar-refractivity contribution in [2.75, 3.05) is 32.7 Å². The fourth-order valence-corrected chi connectivity index (χ4v) is 2.21. The summed E-state index contributed by atoms with van der Waals surface area (Å²) in [4.78, 5) is 12.2. The van der Waals surface area contributed by atoms with Crippen LogP contribution in [0.2, 0.25) is 0 Å². The van der Waals surface area contributed by atoms with Crippen LogP contribution in [0.5, 0.6) is 0 Å². The van der Waals surface area contributed by atoms with Crippen LogP contribution in [0, 0.1) is 10.1 Å². The summed E-state index contributed by atoms with van der Waals surface area (Å²) < 4.78 is 5.18. The maximum absolute atomic E-state index is 10.8. The lowest BCUT2D eigenvalue weighted by molar-refractivity contribution is -0.551. The van der Waals surface area contributed by atoms with Gasteiger partial charge in [0.2, 0.25) is 6.04 Å². The first-order valence-corrected chi connectivity index (χ1v) is 6.27. The molecule has 4 atom stereocenters. The van der Waals surface area contributed by atoms with Crippen LogP contribution in [0.15, 0.2) is 0 Å². The summed E-state index contributed by atoms with van der Waals surface area (Å²) in [6.45, 7) is 2.47. The highest BCUT2D eigenvalue weighted by atomic mass is 16.6. The summed E-state index contributed by atoms with van der Waals surface area (Å²) in [7, 11) is 0. The zero-order valence-corrected chi connectivity index (χ0v) is 10.7. The average molecular weight is 278 g/mol. The molecule has 0 amide bonds. The van der Waals surface area contributed by atoms with Crippen molar-refractivity contribution < 1.29 is 19.9 Å². The summed E-state index contributed by atoms with van der Waals surface area (Å²) in [6, 6.07) is -1.22. The molecular weight excluding hydrogens is 256 g/mol. The van der Waals surface area contributed by atoms with E-state index in [-0.39, 0.29) is 6.42 Å². The van der Waals surface area contributed by atoms with Gasteiger partial charge < -0.3 is 26.4 Å². The van der Waals surface area contributed by atoms with Gasteiger partial charge in [-0.05, 0) is 0 Å². The predicted molar refractivity (Wildman–Crippen MR) is 66.8 cm³/mol. The summed E-state index contributed by atoms with van der Waals surface area (Å²) in [5.74, 6) is 0. The second-order valence-corrected chi connectivity index (χ2v) is 4.61. The van der Waals surface area contributed by atoms with Crippen LogP contribution in [-0.2, 0) is 4.74 Å². The molecule has 1 heterocycles. The van der Waals surface area contributed by atoms with Crippen LogP contribution in [0.4, 0.5) is 0 Å². The minimum Gasteiger partial charge on any atom is -0.381 e. The third kappa shape index (κ3) is 4.64. The first kappa shape index (κ1) is 16.2. The fourth-order valence-electron chi connectivity index (χ4n) is 2.21. The number of rotatable bonds is 7.